The second-order valence-corrected chi connectivity index (χ2v) is 6.91. The van der Waals surface area contributed by atoms with E-state index in [1.807, 2.05) is 30.3 Å². The molecule has 0 radical (unpaired) electrons. The quantitative estimate of drug-likeness (QED) is 0.844. The van der Waals surface area contributed by atoms with E-state index in [0.717, 1.165) is 18.3 Å². The zero-order valence-corrected chi connectivity index (χ0v) is 12.8. The third-order valence-corrected chi connectivity index (χ3v) is 5.78. The molecule has 0 N–H and O–H groups in total. The smallest absolute Gasteiger partial charge is 0.119 e. The standard InChI is InChI=1S/C18H25NO2/c1-14-17-9-5-6-11-18(17)12-10-15(19(18)21-14)13-20-16-7-3-2-4-8-16/h2-4,7-8,14-15,17H,5-6,9-13H2,1H3/t14-,15+,17-,18+/m0/s1. The Morgan fingerprint density at radius 3 is 2.90 bits per heavy atom. The van der Waals surface area contributed by atoms with Crippen molar-refractivity contribution in [2.45, 2.75) is 63.1 Å². The van der Waals surface area contributed by atoms with Crippen molar-refractivity contribution in [2.24, 2.45) is 5.92 Å². The molecule has 2 aliphatic heterocycles. The molecule has 2 heterocycles. The van der Waals surface area contributed by atoms with E-state index in [-0.39, 0.29) is 0 Å². The molecule has 3 fully saturated rings. The maximum atomic E-state index is 6.28. The van der Waals surface area contributed by atoms with E-state index in [1.54, 1.807) is 0 Å². The third-order valence-electron chi connectivity index (χ3n) is 5.78. The van der Waals surface area contributed by atoms with Gasteiger partial charge in [-0.25, -0.2) is 0 Å². The number of para-hydroxylation sites is 1. The predicted octanol–water partition coefficient (Wildman–Crippen LogP) is 3.79. The molecular formula is C18H25NO2. The van der Waals surface area contributed by atoms with Crippen LogP contribution in [-0.2, 0) is 4.84 Å². The number of nitrogens with zero attached hydrogens (tertiary/aromatic N) is 1. The summed E-state index contributed by atoms with van der Waals surface area (Å²) in [6, 6.07) is 10.5. The first-order valence-electron chi connectivity index (χ1n) is 8.43. The van der Waals surface area contributed by atoms with E-state index in [9.17, 15) is 0 Å². The van der Waals surface area contributed by atoms with Crippen LogP contribution in [0.3, 0.4) is 0 Å². The molecule has 1 aromatic rings. The summed E-state index contributed by atoms with van der Waals surface area (Å²) in [5, 5.41) is 2.35. The number of hydrogen-bond acceptors (Lipinski definition) is 3. The second-order valence-electron chi connectivity index (χ2n) is 6.91. The first-order chi connectivity index (χ1) is 10.3. The van der Waals surface area contributed by atoms with Crippen molar-refractivity contribution in [3.63, 3.8) is 0 Å². The molecular weight excluding hydrogens is 262 g/mol. The fourth-order valence-electron chi connectivity index (χ4n) is 4.82. The predicted molar refractivity (Wildman–Crippen MR) is 82.0 cm³/mol. The molecule has 1 aliphatic carbocycles. The van der Waals surface area contributed by atoms with Crippen molar-refractivity contribution in [3.05, 3.63) is 30.3 Å². The van der Waals surface area contributed by atoms with E-state index < -0.39 is 0 Å². The Labute approximate surface area is 127 Å². The molecule has 4 rings (SSSR count). The maximum Gasteiger partial charge on any atom is 0.119 e. The van der Waals surface area contributed by atoms with Gasteiger partial charge in [-0.15, -0.1) is 0 Å². The maximum absolute atomic E-state index is 6.28. The number of benzene rings is 1. The van der Waals surface area contributed by atoms with E-state index in [2.05, 4.69) is 12.0 Å². The van der Waals surface area contributed by atoms with Crippen LogP contribution in [0.15, 0.2) is 30.3 Å². The minimum absolute atomic E-state index is 0.322. The minimum atomic E-state index is 0.322. The molecule has 3 heteroatoms. The van der Waals surface area contributed by atoms with Crippen LogP contribution in [0.2, 0.25) is 0 Å². The summed E-state index contributed by atoms with van der Waals surface area (Å²) in [7, 11) is 0. The molecule has 0 aromatic heterocycles. The van der Waals surface area contributed by atoms with Crippen LogP contribution in [-0.4, -0.2) is 29.4 Å². The summed E-state index contributed by atoms with van der Waals surface area (Å²) in [5.41, 5.74) is 0.322. The Hall–Kier alpha value is -1.06. The zero-order valence-electron chi connectivity index (χ0n) is 12.8. The van der Waals surface area contributed by atoms with Gasteiger partial charge in [0.05, 0.1) is 17.7 Å². The molecule has 2 saturated heterocycles. The number of hydrogen-bond donors (Lipinski definition) is 0. The monoisotopic (exact) mass is 287 g/mol. The van der Waals surface area contributed by atoms with Gasteiger partial charge < -0.3 is 4.74 Å². The van der Waals surface area contributed by atoms with Gasteiger partial charge >= 0.3 is 0 Å². The highest BCUT2D eigenvalue weighted by Gasteiger charge is 2.59. The first kappa shape index (κ1) is 13.6. The van der Waals surface area contributed by atoms with E-state index >= 15 is 0 Å². The van der Waals surface area contributed by atoms with Gasteiger partial charge in [-0.1, -0.05) is 31.0 Å². The van der Waals surface area contributed by atoms with Crippen molar-refractivity contribution < 1.29 is 9.57 Å². The highest BCUT2D eigenvalue weighted by Crippen LogP contribution is 2.54. The Morgan fingerprint density at radius 1 is 1.19 bits per heavy atom. The van der Waals surface area contributed by atoms with Gasteiger partial charge in [0.15, 0.2) is 0 Å². The van der Waals surface area contributed by atoms with E-state index in [0.29, 0.717) is 17.7 Å². The molecule has 0 amide bonds. The van der Waals surface area contributed by atoms with Crippen molar-refractivity contribution in [1.29, 1.82) is 0 Å². The molecule has 1 aromatic carbocycles. The molecule has 1 spiro atoms. The van der Waals surface area contributed by atoms with Crippen molar-refractivity contribution in [1.82, 2.24) is 5.06 Å². The zero-order chi connectivity index (χ0) is 14.3. The fraction of sp³-hybridized carbons (Fsp3) is 0.667. The summed E-state index contributed by atoms with van der Waals surface area (Å²) in [6.45, 7) is 3.00. The number of rotatable bonds is 3. The molecule has 0 unspecified atom stereocenters. The van der Waals surface area contributed by atoms with Crippen LogP contribution in [0.5, 0.6) is 5.75 Å². The van der Waals surface area contributed by atoms with Gasteiger partial charge in [0, 0.05) is 5.92 Å². The average molecular weight is 287 g/mol. The minimum Gasteiger partial charge on any atom is -0.492 e. The molecule has 0 bridgehead atoms. The summed E-state index contributed by atoms with van der Waals surface area (Å²) in [4.78, 5) is 6.28. The van der Waals surface area contributed by atoms with Crippen molar-refractivity contribution >= 4 is 0 Å². The van der Waals surface area contributed by atoms with Gasteiger partial charge in [-0.3, -0.25) is 4.84 Å². The van der Waals surface area contributed by atoms with Gasteiger partial charge in [-0.2, -0.15) is 5.06 Å². The Balaban J connectivity index is 1.47. The first-order valence-corrected chi connectivity index (χ1v) is 8.43. The van der Waals surface area contributed by atoms with Gasteiger partial charge in [0.2, 0.25) is 0 Å². The molecule has 1 saturated carbocycles. The second kappa shape index (κ2) is 5.29. The van der Waals surface area contributed by atoms with Crippen LogP contribution in [0, 0.1) is 5.92 Å². The fourth-order valence-corrected chi connectivity index (χ4v) is 4.82. The lowest BCUT2D eigenvalue weighted by atomic mass is 9.70. The number of hydroxylamine groups is 2. The summed E-state index contributed by atoms with van der Waals surface area (Å²) in [6.07, 6.45) is 8.24. The molecule has 3 nitrogen and oxygen atoms in total. The SMILES string of the molecule is C[C@@H]1ON2[C@@H](COc3ccccc3)CC[C@@]23CCCC[C@@H]13. The van der Waals surface area contributed by atoms with Crippen LogP contribution in [0.25, 0.3) is 0 Å². The van der Waals surface area contributed by atoms with Crippen molar-refractivity contribution in [3.8, 4) is 5.75 Å². The van der Waals surface area contributed by atoms with E-state index in [4.69, 9.17) is 9.57 Å². The normalized spacial score (nSPS) is 39.0. The van der Waals surface area contributed by atoms with Gasteiger partial charge in [0.25, 0.3) is 0 Å². The molecule has 114 valence electrons. The topological polar surface area (TPSA) is 21.7 Å². The third kappa shape index (κ3) is 2.18. The van der Waals surface area contributed by atoms with Crippen LogP contribution in [0.1, 0.15) is 45.4 Å². The summed E-state index contributed by atoms with van der Waals surface area (Å²) in [5.74, 6) is 1.69. The highest BCUT2D eigenvalue weighted by atomic mass is 16.7. The van der Waals surface area contributed by atoms with Crippen LogP contribution in [0.4, 0.5) is 0 Å². The van der Waals surface area contributed by atoms with Crippen LogP contribution >= 0.6 is 0 Å². The van der Waals surface area contributed by atoms with Crippen molar-refractivity contribution in [2.75, 3.05) is 6.61 Å². The Bertz CT molecular complexity index is 491. The average Bonchev–Trinajstić information content (AvgIpc) is 2.99. The van der Waals surface area contributed by atoms with E-state index in [1.165, 1.54) is 38.5 Å². The molecule has 21 heavy (non-hydrogen) atoms. The molecule has 3 aliphatic rings. The summed E-state index contributed by atoms with van der Waals surface area (Å²) < 4.78 is 5.99. The Kier molecular flexibility index (Phi) is 3.43. The Morgan fingerprint density at radius 2 is 2.05 bits per heavy atom. The lowest BCUT2D eigenvalue weighted by molar-refractivity contribution is -0.196. The largest absolute Gasteiger partial charge is 0.492 e. The number of ether oxygens (including phenoxy) is 1. The van der Waals surface area contributed by atoms with Gasteiger partial charge in [0.1, 0.15) is 12.4 Å². The lowest BCUT2D eigenvalue weighted by Crippen LogP contribution is -2.48. The lowest BCUT2D eigenvalue weighted by Gasteiger charge is -2.40. The summed E-state index contributed by atoms with van der Waals surface area (Å²) >= 11 is 0. The van der Waals surface area contributed by atoms with Crippen LogP contribution < -0.4 is 4.74 Å². The highest BCUT2D eigenvalue weighted by molar-refractivity contribution is 5.21. The molecule has 4 atom stereocenters. The van der Waals surface area contributed by atoms with Gasteiger partial charge in [-0.05, 0) is 44.7 Å².